The molecule has 0 spiro atoms. The second-order valence-electron chi connectivity index (χ2n) is 9.64. The molecule has 1 aromatic carbocycles. The second-order valence-corrected chi connectivity index (χ2v) is 9.64. The Morgan fingerprint density at radius 1 is 1.17 bits per heavy atom. The van der Waals surface area contributed by atoms with E-state index < -0.39 is 0 Å². The van der Waals surface area contributed by atoms with Crippen molar-refractivity contribution in [2.45, 2.75) is 71.8 Å². The minimum atomic E-state index is -0.236. The molecule has 3 rings (SSSR count). The smallest absolute Gasteiger partial charge is 0.253 e. The van der Waals surface area contributed by atoms with Crippen LogP contribution in [0.1, 0.15) is 69.9 Å². The number of allylic oxidation sites excluding steroid dienone is 2. The summed E-state index contributed by atoms with van der Waals surface area (Å²) >= 11 is 0. The van der Waals surface area contributed by atoms with Crippen molar-refractivity contribution in [2.24, 2.45) is 10.9 Å². The van der Waals surface area contributed by atoms with Crippen LogP contribution in [0.3, 0.4) is 0 Å². The van der Waals surface area contributed by atoms with Crippen LogP contribution in [-0.2, 0) is 17.8 Å². The lowest BCUT2D eigenvalue weighted by Gasteiger charge is -2.24. The highest BCUT2D eigenvalue weighted by molar-refractivity contribution is 5.97. The third kappa shape index (κ3) is 7.36. The van der Waals surface area contributed by atoms with Gasteiger partial charge in [-0.1, -0.05) is 57.6 Å². The van der Waals surface area contributed by atoms with Crippen LogP contribution >= 0.6 is 0 Å². The summed E-state index contributed by atoms with van der Waals surface area (Å²) in [5, 5.41) is 13.1. The number of carbonyl (C=O) groups excluding carboxylic acids is 1. The number of nitrogens with zero attached hydrogens (tertiary/aromatic N) is 1. The Labute approximate surface area is 217 Å². The van der Waals surface area contributed by atoms with Gasteiger partial charge in [-0.25, -0.2) is 0 Å². The maximum absolute atomic E-state index is 13.1. The van der Waals surface area contributed by atoms with E-state index >= 15 is 0 Å². The Balaban J connectivity index is 1.65. The summed E-state index contributed by atoms with van der Waals surface area (Å²) in [5.41, 5.74) is 6.98. The Hall–Kier alpha value is -3.28. The fraction of sp³-hybridized carbons (Fsp3) is 0.467. The predicted octanol–water partition coefficient (Wildman–Crippen LogP) is 5.72. The van der Waals surface area contributed by atoms with Gasteiger partial charge >= 0.3 is 0 Å². The topological polar surface area (TPSA) is 77.5 Å². The summed E-state index contributed by atoms with van der Waals surface area (Å²) in [7, 11) is 1.78. The van der Waals surface area contributed by atoms with Crippen LogP contribution in [0.5, 0.6) is 0 Å². The molecule has 0 unspecified atom stereocenters. The van der Waals surface area contributed by atoms with Crippen molar-refractivity contribution in [1.29, 1.82) is 0 Å². The molecule has 6 heteroatoms. The zero-order valence-corrected chi connectivity index (χ0v) is 22.3. The highest BCUT2D eigenvalue weighted by Gasteiger charge is 2.19. The van der Waals surface area contributed by atoms with E-state index in [-0.39, 0.29) is 5.91 Å². The minimum Gasteiger partial charge on any atom is -0.386 e. The number of fused-ring (bicyclic) bond motifs is 1. The minimum absolute atomic E-state index is 0.236. The van der Waals surface area contributed by atoms with Crippen molar-refractivity contribution in [3.8, 4) is 0 Å². The fourth-order valence-electron chi connectivity index (χ4n) is 4.95. The third-order valence-electron chi connectivity index (χ3n) is 6.97. The highest BCUT2D eigenvalue weighted by atomic mass is 16.1. The summed E-state index contributed by atoms with van der Waals surface area (Å²) in [5.74, 6) is 0.423. The molecule has 1 aromatic rings. The molecule has 1 saturated carbocycles. The Morgan fingerprint density at radius 3 is 2.64 bits per heavy atom. The van der Waals surface area contributed by atoms with Crippen LogP contribution < -0.4 is 21.3 Å². The number of hydrogen-bond acceptors (Lipinski definition) is 5. The molecule has 6 nitrogen and oxygen atoms in total. The molecule has 1 fully saturated rings. The van der Waals surface area contributed by atoms with E-state index in [0.29, 0.717) is 35.1 Å². The highest BCUT2D eigenvalue weighted by Crippen LogP contribution is 2.28. The number of aliphatic imine (C=N–C) groups is 1. The number of nitrogens with one attached hydrogen (secondary N) is 4. The number of rotatable bonds is 11. The van der Waals surface area contributed by atoms with Crippen molar-refractivity contribution in [2.75, 3.05) is 18.9 Å². The van der Waals surface area contributed by atoms with Crippen molar-refractivity contribution in [3.05, 3.63) is 76.9 Å². The number of benzene rings is 1. The van der Waals surface area contributed by atoms with E-state index in [1.165, 1.54) is 43.4 Å². The lowest BCUT2D eigenvalue weighted by Crippen LogP contribution is -2.30. The zero-order valence-electron chi connectivity index (χ0n) is 22.3. The largest absolute Gasteiger partial charge is 0.386 e. The second kappa shape index (κ2) is 13.7. The van der Waals surface area contributed by atoms with E-state index in [1.807, 2.05) is 6.92 Å². The molecule has 0 atom stereocenters. The van der Waals surface area contributed by atoms with Crippen LogP contribution in [-0.4, -0.2) is 25.7 Å². The summed E-state index contributed by atoms with van der Waals surface area (Å²) in [6.45, 7) is 13.6. The molecular weight excluding hydrogens is 446 g/mol. The molecule has 194 valence electrons. The van der Waals surface area contributed by atoms with Gasteiger partial charge in [-0.05, 0) is 62.1 Å². The normalized spacial score (nSPS) is 17.7. The van der Waals surface area contributed by atoms with Gasteiger partial charge in [0.1, 0.15) is 5.70 Å². The average Bonchev–Trinajstić information content (AvgIpc) is 2.90. The number of aryl methyl sites for hydroxylation is 1. The van der Waals surface area contributed by atoms with Gasteiger partial charge in [-0.15, -0.1) is 0 Å². The van der Waals surface area contributed by atoms with Gasteiger partial charge in [0.15, 0.2) is 0 Å². The summed E-state index contributed by atoms with van der Waals surface area (Å²) < 4.78 is 0. The molecule has 0 aromatic heterocycles. The molecule has 4 N–H and O–H groups in total. The first kappa shape index (κ1) is 27.3. The fourth-order valence-corrected chi connectivity index (χ4v) is 4.95. The third-order valence-corrected chi connectivity index (χ3v) is 6.97. The number of hydrogen-bond donors (Lipinski definition) is 4. The van der Waals surface area contributed by atoms with Gasteiger partial charge in [0, 0.05) is 37.7 Å². The summed E-state index contributed by atoms with van der Waals surface area (Å²) in [6, 6.07) is 6.35. The number of amides is 1. The van der Waals surface area contributed by atoms with Crippen LogP contribution in [0.15, 0.2) is 70.8 Å². The molecular formula is C30H43N5O. The maximum atomic E-state index is 13.1. The monoisotopic (exact) mass is 489 g/mol. The van der Waals surface area contributed by atoms with Crippen LogP contribution in [0.2, 0.25) is 0 Å². The van der Waals surface area contributed by atoms with Gasteiger partial charge in [0.2, 0.25) is 0 Å². The van der Waals surface area contributed by atoms with E-state index in [1.54, 1.807) is 13.3 Å². The number of likely N-dealkylation sites (N-methyl/N-ethyl adjacent to an activating group) is 1. The van der Waals surface area contributed by atoms with Crippen molar-refractivity contribution >= 4 is 17.8 Å². The van der Waals surface area contributed by atoms with Crippen molar-refractivity contribution in [1.82, 2.24) is 16.0 Å². The number of carbonyl (C=O) groups is 1. The van der Waals surface area contributed by atoms with Crippen molar-refractivity contribution in [3.63, 3.8) is 0 Å². The molecule has 1 aliphatic carbocycles. The maximum Gasteiger partial charge on any atom is 0.253 e. The van der Waals surface area contributed by atoms with Gasteiger partial charge < -0.3 is 21.3 Å². The predicted molar refractivity (Wildman–Crippen MR) is 152 cm³/mol. The van der Waals surface area contributed by atoms with Crippen LogP contribution in [0.4, 0.5) is 5.69 Å². The SMILES string of the molecule is C=C(NCC1CCCCC1)/C(N=CC)=C(\NC)C(=C)C(=O)NCc1ccc2c(c1)N/C(=C\CC)CC2. The van der Waals surface area contributed by atoms with Gasteiger partial charge in [0.25, 0.3) is 5.91 Å². The summed E-state index contributed by atoms with van der Waals surface area (Å²) in [6.07, 6.45) is 13.5. The quantitative estimate of drug-likeness (QED) is 0.182. The Bertz CT molecular complexity index is 1040. The van der Waals surface area contributed by atoms with E-state index in [4.69, 9.17) is 0 Å². The molecule has 0 bridgehead atoms. The number of anilines is 1. The van der Waals surface area contributed by atoms with Crippen LogP contribution in [0, 0.1) is 5.92 Å². The van der Waals surface area contributed by atoms with Crippen LogP contribution in [0.25, 0.3) is 0 Å². The zero-order chi connectivity index (χ0) is 25.9. The molecule has 2 aliphatic rings. The molecule has 36 heavy (non-hydrogen) atoms. The van der Waals surface area contributed by atoms with Gasteiger partial charge in [-0.3, -0.25) is 9.79 Å². The first-order valence-electron chi connectivity index (χ1n) is 13.4. The molecule has 1 heterocycles. The van der Waals surface area contributed by atoms with Gasteiger partial charge in [-0.2, -0.15) is 0 Å². The lowest BCUT2D eigenvalue weighted by molar-refractivity contribution is -0.117. The van der Waals surface area contributed by atoms with Crippen molar-refractivity contribution < 1.29 is 4.79 Å². The standard InChI is InChI=1S/C30H43N5O/c1-6-11-26-17-16-25-15-14-24(18-27(25)35-26)20-34-30(36)21(3)28(31-5)29(32-7-2)22(4)33-19-23-12-9-8-10-13-23/h7,11,14-15,18,23,31,33,35H,3-4,6,8-10,12-13,16-17,19-20H2,1-2,5H3,(H,34,36)/b26-11-,29-28+,32-7?. The summed E-state index contributed by atoms with van der Waals surface area (Å²) in [4.78, 5) is 17.6. The van der Waals surface area contributed by atoms with E-state index in [0.717, 1.165) is 37.1 Å². The molecule has 0 saturated heterocycles. The van der Waals surface area contributed by atoms with E-state index in [2.05, 4.69) is 70.6 Å². The lowest BCUT2D eigenvalue weighted by atomic mass is 9.89. The average molecular weight is 490 g/mol. The molecule has 1 aliphatic heterocycles. The first-order valence-corrected chi connectivity index (χ1v) is 13.4. The first-order chi connectivity index (χ1) is 17.5. The van der Waals surface area contributed by atoms with E-state index in [9.17, 15) is 4.79 Å². The molecule has 1 amide bonds. The Morgan fingerprint density at radius 2 is 1.94 bits per heavy atom. The Kier molecular flexibility index (Phi) is 10.4. The van der Waals surface area contributed by atoms with Gasteiger partial charge in [0.05, 0.1) is 17.0 Å². The molecule has 0 radical (unpaired) electrons.